The lowest BCUT2D eigenvalue weighted by molar-refractivity contribution is 0.0622. The molecule has 0 unspecified atom stereocenters. The summed E-state index contributed by atoms with van der Waals surface area (Å²) in [6.07, 6.45) is 1.60. The second-order valence-electron chi connectivity index (χ2n) is 3.62. The van der Waals surface area contributed by atoms with Gasteiger partial charge in [-0.3, -0.25) is 4.79 Å². The Bertz CT molecular complexity index is 343. The average Bonchev–Trinajstić information content (AvgIpc) is 2.75. The third kappa shape index (κ3) is 4.08. The average molecular weight is 241 g/mol. The number of methoxy groups -OCH3 is 2. The quantitative estimate of drug-likeness (QED) is 0.721. The van der Waals surface area contributed by atoms with Crippen LogP contribution in [-0.2, 0) is 9.47 Å². The van der Waals surface area contributed by atoms with Crippen molar-refractivity contribution in [3.05, 3.63) is 18.0 Å². The third-order valence-electron chi connectivity index (χ3n) is 2.35. The summed E-state index contributed by atoms with van der Waals surface area (Å²) in [5.41, 5.74) is 6.59. The monoisotopic (exact) mass is 241 g/mol. The molecular formula is C11H19N3O3. The van der Waals surface area contributed by atoms with Gasteiger partial charge in [0, 0.05) is 39.2 Å². The maximum absolute atomic E-state index is 12.1. The number of hydrogen-bond donors (Lipinski definition) is 2. The summed E-state index contributed by atoms with van der Waals surface area (Å²) < 4.78 is 9.95. The smallest absolute Gasteiger partial charge is 0.270 e. The van der Waals surface area contributed by atoms with Gasteiger partial charge in [0.25, 0.3) is 5.91 Å². The van der Waals surface area contributed by atoms with Crippen molar-refractivity contribution in [2.24, 2.45) is 0 Å². The normalized spacial score (nSPS) is 10.5. The van der Waals surface area contributed by atoms with Crippen LogP contribution in [0.1, 0.15) is 10.5 Å². The highest BCUT2D eigenvalue weighted by Gasteiger charge is 2.16. The van der Waals surface area contributed by atoms with Gasteiger partial charge in [-0.05, 0) is 6.07 Å². The van der Waals surface area contributed by atoms with E-state index in [0.717, 1.165) is 0 Å². The van der Waals surface area contributed by atoms with E-state index in [1.165, 1.54) is 0 Å². The van der Waals surface area contributed by atoms with E-state index in [2.05, 4.69) is 4.98 Å². The first-order valence-corrected chi connectivity index (χ1v) is 5.40. The number of anilines is 1. The van der Waals surface area contributed by atoms with Crippen LogP contribution < -0.4 is 5.73 Å². The van der Waals surface area contributed by atoms with Gasteiger partial charge in [0.15, 0.2) is 0 Å². The molecule has 0 aliphatic carbocycles. The zero-order valence-electron chi connectivity index (χ0n) is 10.2. The van der Waals surface area contributed by atoms with Crippen LogP contribution in [0.2, 0.25) is 0 Å². The van der Waals surface area contributed by atoms with Crippen molar-refractivity contribution in [3.63, 3.8) is 0 Å². The molecule has 0 aliphatic heterocycles. The summed E-state index contributed by atoms with van der Waals surface area (Å²) in [5.74, 6) is -0.101. The van der Waals surface area contributed by atoms with E-state index in [-0.39, 0.29) is 5.91 Å². The van der Waals surface area contributed by atoms with Crippen molar-refractivity contribution in [3.8, 4) is 0 Å². The molecule has 0 saturated heterocycles. The molecule has 0 aliphatic rings. The molecule has 1 rings (SSSR count). The number of nitrogens with one attached hydrogen (secondary N) is 1. The van der Waals surface area contributed by atoms with Gasteiger partial charge in [0.05, 0.1) is 13.2 Å². The van der Waals surface area contributed by atoms with E-state index >= 15 is 0 Å². The maximum Gasteiger partial charge on any atom is 0.270 e. The van der Waals surface area contributed by atoms with E-state index < -0.39 is 0 Å². The van der Waals surface area contributed by atoms with Gasteiger partial charge in [-0.2, -0.15) is 0 Å². The Balaban J connectivity index is 2.64. The van der Waals surface area contributed by atoms with E-state index in [9.17, 15) is 4.79 Å². The third-order valence-corrected chi connectivity index (χ3v) is 2.35. The van der Waals surface area contributed by atoms with E-state index in [1.807, 2.05) is 0 Å². The first-order chi connectivity index (χ1) is 8.19. The molecule has 0 fully saturated rings. The minimum atomic E-state index is -0.101. The zero-order valence-corrected chi connectivity index (χ0v) is 10.2. The van der Waals surface area contributed by atoms with E-state index in [0.29, 0.717) is 37.7 Å². The number of ether oxygens (including phenoxy) is 2. The van der Waals surface area contributed by atoms with Crippen molar-refractivity contribution in [2.45, 2.75) is 0 Å². The van der Waals surface area contributed by atoms with Gasteiger partial charge in [-0.25, -0.2) is 0 Å². The Morgan fingerprint density at radius 1 is 1.35 bits per heavy atom. The van der Waals surface area contributed by atoms with Crippen LogP contribution >= 0.6 is 0 Å². The number of amides is 1. The van der Waals surface area contributed by atoms with E-state index in [4.69, 9.17) is 15.2 Å². The zero-order chi connectivity index (χ0) is 12.7. The topological polar surface area (TPSA) is 80.6 Å². The number of nitrogen functional groups attached to an aromatic ring is 1. The molecule has 0 atom stereocenters. The Morgan fingerprint density at radius 3 is 2.35 bits per heavy atom. The molecule has 1 aromatic rings. The number of hydrogen-bond acceptors (Lipinski definition) is 4. The van der Waals surface area contributed by atoms with Gasteiger partial charge in [0.2, 0.25) is 0 Å². The number of aromatic amines is 1. The lowest BCUT2D eigenvalue weighted by Crippen LogP contribution is -2.36. The Kier molecular flexibility index (Phi) is 5.51. The number of nitrogens with zero attached hydrogens (tertiary/aromatic N) is 1. The van der Waals surface area contributed by atoms with Crippen molar-refractivity contribution in [2.75, 3.05) is 46.3 Å². The van der Waals surface area contributed by atoms with Crippen LogP contribution in [0.4, 0.5) is 5.69 Å². The number of carbonyl (C=O) groups is 1. The SMILES string of the molecule is COCCN(CCOC)C(=O)c1cc(N)c[nH]1. The minimum Gasteiger partial charge on any atom is -0.397 e. The molecule has 17 heavy (non-hydrogen) atoms. The first kappa shape index (κ1) is 13.5. The van der Waals surface area contributed by atoms with E-state index in [1.54, 1.807) is 31.4 Å². The molecule has 0 aromatic carbocycles. The van der Waals surface area contributed by atoms with Crippen molar-refractivity contribution < 1.29 is 14.3 Å². The fraction of sp³-hybridized carbons (Fsp3) is 0.545. The van der Waals surface area contributed by atoms with Crippen LogP contribution in [0.3, 0.4) is 0 Å². The largest absolute Gasteiger partial charge is 0.397 e. The van der Waals surface area contributed by atoms with Crippen molar-refractivity contribution in [1.29, 1.82) is 0 Å². The highest BCUT2D eigenvalue weighted by Crippen LogP contribution is 2.08. The van der Waals surface area contributed by atoms with Crippen LogP contribution in [0.5, 0.6) is 0 Å². The molecule has 6 nitrogen and oxygen atoms in total. The molecule has 0 radical (unpaired) electrons. The Morgan fingerprint density at radius 2 is 1.94 bits per heavy atom. The van der Waals surface area contributed by atoms with Crippen LogP contribution in [0.15, 0.2) is 12.3 Å². The number of nitrogens with two attached hydrogens (primary N) is 1. The minimum absolute atomic E-state index is 0.101. The molecule has 1 amide bonds. The second kappa shape index (κ2) is 6.93. The second-order valence-corrected chi connectivity index (χ2v) is 3.62. The molecule has 0 spiro atoms. The number of H-pyrrole nitrogens is 1. The summed E-state index contributed by atoms with van der Waals surface area (Å²) >= 11 is 0. The van der Waals surface area contributed by atoms with Gasteiger partial charge in [-0.1, -0.05) is 0 Å². The number of aromatic nitrogens is 1. The molecule has 1 aromatic heterocycles. The lowest BCUT2D eigenvalue weighted by atomic mass is 10.3. The van der Waals surface area contributed by atoms with Crippen LogP contribution in [-0.4, -0.2) is 56.3 Å². The Hall–Kier alpha value is -1.53. The van der Waals surface area contributed by atoms with Gasteiger partial charge >= 0.3 is 0 Å². The number of carbonyl (C=O) groups excluding carboxylic acids is 1. The first-order valence-electron chi connectivity index (χ1n) is 5.40. The molecule has 0 bridgehead atoms. The summed E-state index contributed by atoms with van der Waals surface area (Å²) in [6.45, 7) is 2.03. The lowest BCUT2D eigenvalue weighted by Gasteiger charge is -2.21. The molecular weight excluding hydrogens is 222 g/mol. The van der Waals surface area contributed by atoms with Gasteiger partial charge in [-0.15, -0.1) is 0 Å². The van der Waals surface area contributed by atoms with Crippen LogP contribution in [0.25, 0.3) is 0 Å². The van der Waals surface area contributed by atoms with Crippen molar-refractivity contribution >= 4 is 11.6 Å². The molecule has 96 valence electrons. The Labute approximate surface area is 101 Å². The van der Waals surface area contributed by atoms with Gasteiger partial charge < -0.3 is 25.1 Å². The van der Waals surface area contributed by atoms with Crippen molar-refractivity contribution in [1.82, 2.24) is 9.88 Å². The molecule has 3 N–H and O–H groups in total. The summed E-state index contributed by atoms with van der Waals surface area (Å²) in [4.78, 5) is 16.6. The summed E-state index contributed by atoms with van der Waals surface area (Å²) in [5, 5.41) is 0. The summed E-state index contributed by atoms with van der Waals surface area (Å²) in [6, 6.07) is 1.62. The molecule has 1 heterocycles. The maximum atomic E-state index is 12.1. The highest BCUT2D eigenvalue weighted by atomic mass is 16.5. The highest BCUT2D eigenvalue weighted by molar-refractivity contribution is 5.93. The van der Waals surface area contributed by atoms with Crippen LogP contribution in [0, 0.1) is 0 Å². The standard InChI is InChI=1S/C11H19N3O3/c1-16-5-3-14(4-6-17-2)11(15)10-7-9(12)8-13-10/h7-8,13H,3-6,12H2,1-2H3. The number of rotatable bonds is 7. The fourth-order valence-corrected chi connectivity index (χ4v) is 1.42. The predicted molar refractivity (Wildman–Crippen MR) is 64.9 cm³/mol. The fourth-order valence-electron chi connectivity index (χ4n) is 1.42. The van der Waals surface area contributed by atoms with Gasteiger partial charge in [0.1, 0.15) is 5.69 Å². The molecule has 0 saturated carbocycles. The predicted octanol–water partition coefficient (Wildman–Crippen LogP) is 0.332. The summed E-state index contributed by atoms with van der Waals surface area (Å²) in [7, 11) is 3.21. The molecule has 6 heteroatoms.